The predicted molar refractivity (Wildman–Crippen MR) is 82.0 cm³/mol. The molecule has 0 amide bonds. The van der Waals surface area contributed by atoms with Crippen molar-refractivity contribution in [2.24, 2.45) is 11.7 Å². The number of hydrogen-bond donors (Lipinski definition) is 1. The standard InChI is InChI=1S/C15H23BrN2/c1-10-5-4-8-18(12(10)3)15-7-6-13(11(2)17)9-14(15)16/h6-7,9-12H,4-5,8,17H2,1-3H3. The first-order valence-electron chi connectivity index (χ1n) is 6.82. The Bertz CT molecular complexity index is 417. The molecule has 0 radical (unpaired) electrons. The second-order valence-electron chi connectivity index (χ2n) is 5.55. The normalized spacial score (nSPS) is 26.2. The van der Waals surface area contributed by atoms with E-state index < -0.39 is 0 Å². The summed E-state index contributed by atoms with van der Waals surface area (Å²) < 4.78 is 1.17. The van der Waals surface area contributed by atoms with Crippen LogP contribution in [0.4, 0.5) is 5.69 Å². The summed E-state index contributed by atoms with van der Waals surface area (Å²) in [4.78, 5) is 2.52. The van der Waals surface area contributed by atoms with Crippen LogP contribution in [0.5, 0.6) is 0 Å². The van der Waals surface area contributed by atoms with E-state index >= 15 is 0 Å². The summed E-state index contributed by atoms with van der Waals surface area (Å²) in [7, 11) is 0. The Balaban J connectivity index is 2.27. The molecule has 3 atom stereocenters. The molecule has 1 aliphatic heterocycles. The van der Waals surface area contributed by atoms with Crippen molar-refractivity contribution < 1.29 is 0 Å². The van der Waals surface area contributed by atoms with Crippen LogP contribution in [0.2, 0.25) is 0 Å². The van der Waals surface area contributed by atoms with Crippen LogP contribution in [0.25, 0.3) is 0 Å². The summed E-state index contributed by atoms with van der Waals surface area (Å²) in [5.74, 6) is 0.763. The molecule has 2 nitrogen and oxygen atoms in total. The third kappa shape index (κ3) is 2.72. The minimum Gasteiger partial charge on any atom is -0.368 e. The van der Waals surface area contributed by atoms with Gasteiger partial charge in [-0.1, -0.05) is 13.0 Å². The maximum atomic E-state index is 5.93. The molecular formula is C15H23BrN2. The molecule has 1 heterocycles. The van der Waals surface area contributed by atoms with E-state index in [0.29, 0.717) is 6.04 Å². The zero-order chi connectivity index (χ0) is 13.3. The molecule has 1 aromatic carbocycles. The van der Waals surface area contributed by atoms with Gasteiger partial charge in [-0.05, 0) is 66.2 Å². The smallest absolute Gasteiger partial charge is 0.0513 e. The van der Waals surface area contributed by atoms with Crippen LogP contribution >= 0.6 is 15.9 Å². The lowest BCUT2D eigenvalue weighted by atomic mass is 9.91. The lowest BCUT2D eigenvalue weighted by Crippen LogP contribution is -2.42. The topological polar surface area (TPSA) is 29.3 Å². The number of halogens is 1. The molecule has 0 spiro atoms. The van der Waals surface area contributed by atoms with Gasteiger partial charge in [-0.25, -0.2) is 0 Å². The van der Waals surface area contributed by atoms with Crippen molar-refractivity contribution in [1.82, 2.24) is 0 Å². The second kappa shape index (κ2) is 5.62. The number of piperidine rings is 1. The lowest BCUT2D eigenvalue weighted by Gasteiger charge is -2.40. The van der Waals surface area contributed by atoms with Gasteiger partial charge in [0.1, 0.15) is 0 Å². The van der Waals surface area contributed by atoms with E-state index in [4.69, 9.17) is 5.73 Å². The molecule has 100 valence electrons. The Morgan fingerprint density at radius 2 is 2.11 bits per heavy atom. The van der Waals surface area contributed by atoms with Gasteiger partial charge in [-0.3, -0.25) is 0 Å². The molecule has 1 aromatic rings. The highest BCUT2D eigenvalue weighted by Crippen LogP contribution is 2.34. The second-order valence-corrected chi connectivity index (χ2v) is 6.41. The van der Waals surface area contributed by atoms with E-state index in [-0.39, 0.29) is 6.04 Å². The minimum absolute atomic E-state index is 0.0908. The van der Waals surface area contributed by atoms with Gasteiger partial charge in [0.2, 0.25) is 0 Å². The van der Waals surface area contributed by atoms with Crippen molar-refractivity contribution in [2.45, 2.75) is 45.7 Å². The van der Waals surface area contributed by atoms with E-state index in [1.165, 1.54) is 28.6 Å². The lowest BCUT2D eigenvalue weighted by molar-refractivity contribution is 0.363. The Morgan fingerprint density at radius 3 is 2.72 bits per heavy atom. The summed E-state index contributed by atoms with van der Waals surface area (Å²) in [6, 6.07) is 7.21. The van der Waals surface area contributed by atoms with Crippen molar-refractivity contribution >= 4 is 21.6 Å². The van der Waals surface area contributed by atoms with Gasteiger partial charge in [0.15, 0.2) is 0 Å². The fourth-order valence-corrected chi connectivity index (χ4v) is 3.34. The molecule has 0 bridgehead atoms. The van der Waals surface area contributed by atoms with E-state index in [1.807, 2.05) is 6.92 Å². The Hall–Kier alpha value is -0.540. The van der Waals surface area contributed by atoms with E-state index in [9.17, 15) is 0 Å². The van der Waals surface area contributed by atoms with Gasteiger partial charge in [-0.2, -0.15) is 0 Å². The van der Waals surface area contributed by atoms with Crippen LogP contribution in [-0.4, -0.2) is 12.6 Å². The van der Waals surface area contributed by atoms with Gasteiger partial charge in [0.05, 0.1) is 5.69 Å². The highest BCUT2D eigenvalue weighted by molar-refractivity contribution is 9.10. The van der Waals surface area contributed by atoms with E-state index in [1.54, 1.807) is 0 Å². The molecular weight excluding hydrogens is 288 g/mol. The fraction of sp³-hybridized carbons (Fsp3) is 0.600. The molecule has 0 aliphatic carbocycles. The van der Waals surface area contributed by atoms with Crippen molar-refractivity contribution in [3.8, 4) is 0 Å². The summed E-state index contributed by atoms with van der Waals surface area (Å²) in [6.45, 7) is 7.85. The highest BCUT2D eigenvalue weighted by atomic mass is 79.9. The van der Waals surface area contributed by atoms with Crippen LogP contribution in [0.15, 0.2) is 22.7 Å². The number of nitrogens with zero attached hydrogens (tertiary/aromatic N) is 1. The Labute approximate surface area is 119 Å². The SMILES string of the molecule is CC(N)c1ccc(N2CCCC(C)C2C)c(Br)c1. The third-order valence-corrected chi connectivity index (χ3v) is 4.82. The molecule has 18 heavy (non-hydrogen) atoms. The number of benzene rings is 1. The van der Waals surface area contributed by atoms with Crippen molar-refractivity contribution in [1.29, 1.82) is 0 Å². The maximum Gasteiger partial charge on any atom is 0.0513 e. The Kier molecular flexibility index (Phi) is 4.33. The maximum absolute atomic E-state index is 5.93. The van der Waals surface area contributed by atoms with Crippen LogP contribution in [-0.2, 0) is 0 Å². The van der Waals surface area contributed by atoms with E-state index in [0.717, 1.165) is 12.5 Å². The number of hydrogen-bond acceptors (Lipinski definition) is 2. The third-order valence-electron chi connectivity index (χ3n) is 4.18. The number of nitrogens with two attached hydrogens (primary N) is 1. The summed E-state index contributed by atoms with van der Waals surface area (Å²) in [6.07, 6.45) is 2.63. The zero-order valence-corrected chi connectivity index (χ0v) is 13.1. The van der Waals surface area contributed by atoms with Crippen LogP contribution in [0.1, 0.15) is 45.2 Å². The molecule has 1 aliphatic rings. The average molecular weight is 311 g/mol. The average Bonchev–Trinajstić information content (AvgIpc) is 2.33. The molecule has 3 heteroatoms. The highest BCUT2D eigenvalue weighted by Gasteiger charge is 2.26. The fourth-order valence-electron chi connectivity index (χ4n) is 2.71. The first-order valence-corrected chi connectivity index (χ1v) is 7.61. The first kappa shape index (κ1) is 13.9. The molecule has 2 N–H and O–H groups in total. The molecule has 1 saturated heterocycles. The van der Waals surface area contributed by atoms with Crippen LogP contribution < -0.4 is 10.6 Å². The molecule has 3 unspecified atom stereocenters. The van der Waals surface area contributed by atoms with Crippen molar-refractivity contribution in [3.63, 3.8) is 0 Å². The van der Waals surface area contributed by atoms with Gasteiger partial charge in [0.25, 0.3) is 0 Å². The van der Waals surface area contributed by atoms with Gasteiger partial charge in [-0.15, -0.1) is 0 Å². The van der Waals surface area contributed by atoms with Gasteiger partial charge in [0, 0.05) is 23.1 Å². The quantitative estimate of drug-likeness (QED) is 0.891. The molecule has 1 fully saturated rings. The molecule has 2 rings (SSSR count). The Morgan fingerprint density at radius 1 is 1.39 bits per heavy atom. The van der Waals surface area contributed by atoms with Crippen molar-refractivity contribution in [2.75, 3.05) is 11.4 Å². The van der Waals surface area contributed by atoms with Crippen LogP contribution in [0, 0.1) is 5.92 Å². The van der Waals surface area contributed by atoms with Crippen LogP contribution in [0.3, 0.4) is 0 Å². The zero-order valence-electron chi connectivity index (χ0n) is 11.5. The van der Waals surface area contributed by atoms with E-state index in [2.05, 4.69) is 52.9 Å². The summed E-state index contributed by atoms with van der Waals surface area (Å²) in [5.41, 5.74) is 8.41. The predicted octanol–water partition coefficient (Wildman–Crippen LogP) is 4.09. The van der Waals surface area contributed by atoms with Gasteiger partial charge < -0.3 is 10.6 Å². The number of anilines is 1. The molecule has 0 saturated carbocycles. The van der Waals surface area contributed by atoms with Gasteiger partial charge >= 0.3 is 0 Å². The summed E-state index contributed by atoms with van der Waals surface area (Å²) >= 11 is 3.70. The summed E-state index contributed by atoms with van der Waals surface area (Å²) in [5, 5.41) is 0. The molecule has 0 aromatic heterocycles. The monoisotopic (exact) mass is 310 g/mol. The largest absolute Gasteiger partial charge is 0.368 e. The first-order chi connectivity index (χ1) is 8.50. The van der Waals surface area contributed by atoms with Crippen molar-refractivity contribution in [3.05, 3.63) is 28.2 Å². The minimum atomic E-state index is 0.0908. The number of rotatable bonds is 2.